The summed E-state index contributed by atoms with van der Waals surface area (Å²) in [6.07, 6.45) is 1.70. The summed E-state index contributed by atoms with van der Waals surface area (Å²) in [7, 11) is -2.32. The normalized spacial score (nSPS) is 14.6. The Balaban J connectivity index is 1.48. The number of methoxy groups -OCH3 is 1. The number of nitrogens with zero attached hydrogens (tertiary/aromatic N) is 3. The average Bonchev–Trinajstić information content (AvgIpc) is 3.46. The Labute approximate surface area is 213 Å². The lowest BCUT2D eigenvalue weighted by Gasteiger charge is -2.19. The van der Waals surface area contributed by atoms with Crippen LogP contribution >= 0.6 is 0 Å². The van der Waals surface area contributed by atoms with E-state index in [1.54, 1.807) is 44.4 Å². The molecule has 0 unspecified atom stereocenters. The summed E-state index contributed by atoms with van der Waals surface area (Å²) in [5, 5.41) is 3.67. The first-order chi connectivity index (χ1) is 17.8. The van der Waals surface area contributed by atoms with Gasteiger partial charge in [-0.1, -0.05) is 47.6 Å². The molecule has 4 aromatic rings. The molecular weight excluding hydrogens is 492 g/mol. The number of hydrogen-bond donors (Lipinski definition) is 1. The molecule has 37 heavy (non-hydrogen) atoms. The Morgan fingerprint density at radius 1 is 0.973 bits per heavy atom. The van der Waals surface area contributed by atoms with Gasteiger partial charge in [0.05, 0.1) is 17.7 Å². The second kappa shape index (κ2) is 9.75. The van der Waals surface area contributed by atoms with Crippen molar-refractivity contribution in [1.82, 2.24) is 5.16 Å². The Hall–Kier alpha value is -4.70. The van der Waals surface area contributed by atoms with Gasteiger partial charge in [0.1, 0.15) is 23.0 Å². The molecular formula is C27H22N4O5S. The largest absolute Gasteiger partial charge is 0.497 e. The number of carbonyl (C=O) groups excluding carboxylic acids is 1. The van der Waals surface area contributed by atoms with Gasteiger partial charge in [-0.25, -0.2) is 13.4 Å². The summed E-state index contributed by atoms with van der Waals surface area (Å²) in [5.74, 6) is 1.38. The van der Waals surface area contributed by atoms with Crippen molar-refractivity contribution in [2.24, 2.45) is 4.99 Å². The molecule has 0 fully saturated rings. The first kappa shape index (κ1) is 24.0. The van der Waals surface area contributed by atoms with Gasteiger partial charge in [-0.15, -0.1) is 0 Å². The van der Waals surface area contributed by atoms with E-state index < -0.39 is 10.0 Å². The molecule has 3 aromatic carbocycles. The summed E-state index contributed by atoms with van der Waals surface area (Å²) in [5.41, 5.74) is 2.26. The molecule has 1 aromatic heterocycles. The van der Waals surface area contributed by atoms with Crippen LogP contribution in [0.5, 0.6) is 5.75 Å². The van der Waals surface area contributed by atoms with Crippen LogP contribution in [0.15, 0.2) is 105 Å². The van der Waals surface area contributed by atoms with E-state index in [9.17, 15) is 13.2 Å². The van der Waals surface area contributed by atoms with Crippen LogP contribution in [0.2, 0.25) is 0 Å². The van der Waals surface area contributed by atoms with Gasteiger partial charge in [0.2, 0.25) is 0 Å². The summed E-state index contributed by atoms with van der Waals surface area (Å²) in [4.78, 5) is 19.6. The number of amides is 1. The molecule has 0 saturated carbocycles. The van der Waals surface area contributed by atoms with Crippen LogP contribution in [0.4, 0.5) is 11.5 Å². The quantitative estimate of drug-likeness (QED) is 0.360. The fourth-order valence-corrected chi connectivity index (χ4v) is 4.76. The molecule has 0 saturated heterocycles. The SMILES string of the molecule is COc1ccc(/C=C2\N=C(c3ccccc3)N(c3ccc(S(=O)(=O)Nc4cc(C)on4)cc3)C2=O)cc1. The van der Waals surface area contributed by atoms with Crippen LogP contribution < -0.4 is 14.4 Å². The molecule has 1 N–H and O–H groups in total. The van der Waals surface area contributed by atoms with Crippen molar-refractivity contribution in [2.75, 3.05) is 16.7 Å². The topological polar surface area (TPSA) is 114 Å². The molecule has 0 spiro atoms. The van der Waals surface area contributed by atoms with Crippen LogP contribution in [-0.2, 0) is 14.8 Å². The summed E-state index contributed by atoms with van der Waals surface area (Å²) < 4.78 is 38.1. The highest BCUT2D eigenvalue weighted by Crippen LogP contribution is 2.29. The van der Waals surface area contributed by atoms with Crippen LogP contribution in [0, 0.1) is 6.92 Å². The lowest BCUT2D eigenvalue weighted by molar-refractivity contribution is -0.113. The Bertz CT molecular complexity index is 1610. The number of amidine groups is 1. The molecule has 1 aliphatic heterocycles. The van der Waals surface area contributed by atoms with Crippen LogP contribution in [-0.4, -0.2) is 32.4 Å². The average molecular weight is 515 g/mol. The van der Waals surface area contributed by atoms with E-state index in [0.29, 0.717) is 23.0 Å². The zero-order valence-corrected chi connectivity index (χ0v) is 20.8. The zero-order valence-electron chi connectivity index (χ0n) is 20.0. The van der Waals surface area contributed by atoms with Crippen LogP contribution in [0.25, 0.3) is 6.08 Å². The lowest BCUT2D eigenvalue weighted by Crippen LogP contribution is -2.32. The first-order valence-electron chi connectivity index (χ1n) is 11.2. The number of anilines is 2. The Morgan fingerprint density at radius 2 is 1.68 bits per heavy atom. The van der Waals surface area contributed by atoms with Crippen LogP contribution in [0.3, 0.4) is 0 Å². The van der Waals surface area contributed by atoms with Crippen molar-refractivity contribution in [3.05, 3.63) is 108 Å². The molecule has 0 bridgehead atoms. The van der Waals surface area contributed by atoms with Crippen molar-refractivity contribution in [2.45, 2.75) is 11.8 Å². The van der Waals surface area contributed by atoms with Crippen molar-refractivity contribution >= 4 is 39.3 Å². The molecule has 2 heterocycles. The van der Waals surface area contributed by atoms with E-state index in [1.807, 2.05) is 42.5 Å². The maximum atomic E-state index is 13.5. The molecule has 1 aliphatic rings. The van der Waals surface area contributed by atoms with Gasteiger partial charge in [-0.3, -0.25) is 14.4 Å². The number of benzene rings is 3. The number of nitrogens with one attached hydrogen (secondary N) is 1. The van der Waals surface area contributed by atoms with E-state index in [0.717, 1.165) is 11.1 Å². The Kier molecular flexibility index (Phi) is 6.33. The molecule has 186 valence electrons. The zero-order chi connectivity index (χ0) is 26.0. The maximum Gasteiger partial charge on any atom is 0.282 e. The maximum absolute atomic E-state index is 13.5. The van der Waals surface area contributed by atoms with E-state index in [1.165, 1.54) is 23.1 Å². The summed E-state index contributed by atoms with van der Waals surface area (Å²) in [6.45, 7) is 1.66. The number of aliphatic imine (C=N–C) groups is 1. The number of carbonyl (C=O) groups is 1. The van der Waals surface area contributed by atoms with Gasteiger partial charge < -0.3 is 9.26 Å². The fraction of sp³-hybridized carbons (Fsp3) is 0.0741. The number of hydrogen-bond acceptors (Lipinski definition) is 7. The highest BCUT2D eigenvalue weighted by Gasteiger charge is 2.32. The van der Waals surface area contributed by atoms with Gasteiger partial charge in [0, 0.05) is 11.6 Å². The van der Waals surface area contributed by atoms with E-state index in [2.05, 4.69) is 14.9 Å². The van der Waals surface area contributed by atoms with Gasteiger partial charge in [-0.05, 0) is 55.0 Å². The fourth-order valence-electron chi connectivity index (χ4n) is 3.78. The first-order valence-corrected chi connectivity index (χ1v) is 12.7. The Morgan fingerprint density at radius 3 is 2.30 bits per heavy atom. The van der Waals surface area contributed by atoms with Gasteiger partial charge >= 0.3 is 0 Å². The summed E-state index contributed by atoms with van der Waals surface area (Å²) >= 11 is 0. The van der Waals surface area contributed by atoms with Gasteiger partial charge in [0.15, 0.2) is 5.82 Å². The standard InChI is InChI=1S/C27H22N4O5S/c1-18-16-25(29-36-18)30-37(33,34)23-14-10-21(11-15-23)31-26(20-6-4-3-5-7-20)28-24(27(31)32)17-19-8-12-22(35-2)13-9-19/h3-17H,1-2H3,(H,29,30)/b24-17-. The molecule has 5 rings (SSSR count). The monoisotopic (exact) mass is 514 g/mol. The molecule has 0 atom stereocenters. The second-order valence-electron chi connectivity index (χ2n) is 8.17. The minimum Gasteiger partial charge on any atom is -0.497 e. The predicted molar refractivity (Wildman–Crippen MR) is 140 cm³/mol. The highest BCUT2D eigenvalue weighted by atomic mass is 32.2. The number of ether oxygens (including phenoxy) is 1. The van der Waals surface area contributed by atoms with E-state index >= 15 is 0 Å². The number of aromatic nitrogens is 1. The minimum absolute atomic E-state index is 0.00995. The lowest BCUT2D eigenvalue weighted by atomic mass is 10.1. The smallest absolute Gasteiger partial charge is 0.282 e. The minimum atomic E-state index is -3.90. The third kappa shape index (κ3) is 5.00. The number of aryl methyl sites for hydroxylation is 1. The van der Waals surface area contributed by atoms with E-state index in [4.69, 9.17) is 9.26 Å². The van der Waals surface area contributed by atoms with Crippen molar-refractivity contribution < 1.29 is 22.5 Å². The number of sulfonamides is 1. The molecule has 0 aliphatic carbocycles. The molecule has 9 nitrogen and oxygen atoms in total. The predicted octanol–water partition coefficient (Wildman–Crippen LogP) is 4.63. The van der Waals surface area contributed by atoms with Gasteiger partial charge in [-0.2, -0.15) is 0 Å². The van der Waals surface area contributed by atoms with Crippen molar-refractivity contribution in [3.8, 4) is 5.75 Å². The molecule has 10 heteroatoms. The van der Waals surface area contributed by atoms with Crippen LogP contribution in [0.1, 0.15) is 16.9 Å². The molecule has 1 amide bonds. The van der Waals surface area contributed by atoms with Crippen molar-refractivity contribution in [1.29, 1.82) is 0 Å². The second-order valence-corrected chi connectivity index (χ2v) is 9.85. The third-order valence-corrected chi connectivity index (χ3v) is 6.95. The van der Waals surface area contributed by atoms with Gasteiger partial charge in [0.25, 0.3) is 15.9 Å². The highest BCUT2D eigenvalue weighted by molar-refractivity contribution is 7.92. The number of rotatable bonds is 7. The third-order valence-electron chi connectivity index (χ3n) is 5.58. The molecule has 0 radical (unpaired) electrons. The van der Waals surface area contributed by atoms with Crippen molar-refractivity contribution in [3.63, 3.8) is 0 Å². The summed E-state index contributed by atoms with van der Waals surface area (Å²) in [6, 6.07) is 24.1. The van der Waals surface area contributed by atoms with E-state index in [-0.39, 0.29) is 22.3 Å².